The van der Waals surface area contributed by atoms with Gasteiger partial charge in [0, 0.05) is 23.2 Å². The molecule has 3 N–H and O–H groups in total. The molecular weight excluding hydrogens is 398 g/mol. The third-order valence-electron chi connectivity index (χ3n) is 4.36. The molecule has 0 aliphatic carbocycles. The van der Waals surface area contributed by atoms with Gasteiger partial charge in [-0.3, -0.25) is 4.79 Å². The van der Waals surface area contributed by atoms with Crippen molar-refractivity contribution in [1.29, 1.82) is 0 Å². The maximum atomic E-state index is 11.9. The predicted molar refractivity (Wildman–Crippen MR) is 105 cm³/mol. The molecule has 0 radical (unpaired) electrons. The zero-order chi connectivity index (χ0) is 18.5. The maximum Gasteiger partial charge on any atom is 0.309 e. The van der Waals surface area contributed by atoms with E-state index < -0.39 is 0 Å². The Morgan fingerprint density at radius 1 is 1.38 bits per heavy atom. The topological polar surface area (TPSA) is 93.4 Å². The van der Waals surface area contributed by atoms with Gasteiger partial charge in [0.2, 0.25) is 0 Å². The first kappa shape index (κ1) is 18.4. The molecule has 1 aliphatic heterocycles. The van der Waals surface area contributed by atoms with Crippen LogP contribution in [-0.2, 0) is 9.53 Å². The molecule has 0 bridgehead atoms. The molecule has 1 aromatic heterocycles. The number of piperidine rings is 1. The number of halogens is 1. The van der Waals surface area contributed by atoms with Gasteiger partial charge in [0.15, 0.2) is 11.6 Å². The van der Waals surface area contributed by atoms with Crippen LogP contribution in [0.25, 0.3) is 0 Å². The summed E-state index contributed by atoms with van der Waals surface area (Å²) in [4.78, 5) is 22.6. The summed E-state index contributed by atoms with van der Waals surface area (Å²) in [7, 11) is 0. The Balaban J connectivity index is 1.71. The van der Waals surface area contributed by atoms with Crippen LogP contribution in [0.3, 0.4) is 0 Å². The highest BCUT2D eigenvalue weighted by Crippen LogP contribution is 2.31. The highest BCUT2D eigenvalue weighted by Gasteiger charge is 2.27. The van der Waals surface area contributed by atoms with Crippen molar-refractivity contribution in [1.82, 2.24) is 9.97 Å². The first-order chi connectivity index (χ1) is 12.6. The average Bonchev–Trinajstić information content (AvgIpc) is 2.64. The van der Waals surface area contributed by atoms with Crippen molar-refractivity contribution in [2.24, 2.45) is 5.92 Å². The molecule has 26 heavy (non-hydrogen) atoms. The number of ether oxygens (including phenoxy) is 1. The summed E-state index contributed by atoms with van der Waals surface area (Å²) >= 11 is 3.45. The number of anilines is 4. The number of aromatic nitrogens is 2. The lowest BCUT2D eigenvalue weighted by Crippen LogP contribution is -2.37. The number of hydrogen-bond acceptors (Lipinski definition) is 7. The molecule has 7 nitrogen and oxygen atoms in total. The minimum Gasteiger partial charge on any atom is -0.466 e. The highest BCUT2D eigenvalue weighted by molar-refractivity contribution is 9.10. The van der Waals surface area contributed by atoms with Gasteiger partial charge in [0.1, 0.15) is 12.0 Å². The Morgan fingerprint density at radius 2 is 2.15 bits per heavy atom. The zero-order valence-electron chi connectivity index (χ0n) is 14.6. The van der Waals surface area contributed by atoms with E-state index in [2.05, 4.69) is 36.1 Å². The maximum absolute atomic E-state index is 11.9. The summed E-state index contributed by atoms with van der Waals surface area (Å²) in [5.74, 6) is 1.11. The molecule has 0 amide bonds. The third-order valence-corrected chi connectivity index (χ3v) is 4.86. The summed E-state index contributed by atoms with van der Waals surface area (Å²) in [5.41, 5.74) is 7.70. The van der Waals surface area contributed by atoms with Crippen LogP contribution < -0.4 is 16.0 Å². The van der Waals surface area contributed by atoms with Crippen molar-refractivity contribution < 1.29 is 9.53 Å². The lowest BCUT2D eigenvalue weighted by atomic mass is 9.97. The Labute approximate surface area is 161 Å². The van der Waals surface area contributed by atoms with E-state index in [4.69, 9.17) is 10.5 Å². The van der Waals surface area contributed by atoms with Crippen LogP contribution in [0.15, 0.2) is 35.1 Å². The van der Waals surface area contributed by atoms with E-state index in [1.54, 1.807) is 0 Å². The molecule has 138 valence electrons. The normalized spacial score (nSPS) is 14.9. The minimum absolute atomic E-state index is 0.0477. The number of carbonyl (C=O) groups excluding carboxylic acids is 1. The molecule has 0 saturated carbocycles. The summed E-state index contributed by atoms with van der Waals surface area (Å²) in [6, 6.07) is 7.78. The molecule has 0 unspecified atom stereocenters. The fourth-order valence-electron chi connectivity index (χ4n) is 3.03. The summed E-state index contributed by atoms with van der Waals surface area (Å²) in [6.07, 6.45) is 2.97. The van der Waals surface area contributed by atoms with Gasteiger partial charge < -0.3 is 20.7 Å². The van der Waals surface area contributed by atoms with Crippen LogP contribution in [0.5, 0.6) is 0 Å². The standard InChI is InChI=1S/C18H22BrN5O2/c1-2-26-18(25)12-6-8-24(9-7-12)17-15(20)16(21-11-22-17)23-14-5-3-4-13(19)10-14/h3-5,10-12H,2,6-9,20H2,1H3,(H,21,22,23). The molecule has 1 aliphatic rings. The number of esters is 1. The molecule has 2 aromatic rings. The first-order valence-corrected chi connectivity index (χ1v) is 9.42. The van der Waals surface area contributed by atoms with Crippen LogP contribution in [-0.4, -0.2) is 35.6 Å². The van der Waals surface area contributed by atoms with E-state index in [9.17, 15) is 4.79 Å². The van der Waals surface area contributed by atoms with Gasteiger partial charge in [-0.1, -0.05) is 22.0 Å². The number of rotatable bonds is 5. The van der Waals surface area contributed by atoms with Gasteiger partial charge in [-0.15, -0.1) is 0 Å². The monoisotopic (exact) mass is 419 g/mol. The first-order valence-electron chi connectivity index (χ1n) is 8.63. The molecule has 0 spiro atoms. The lowest BCUT2D eigenvalue weighted by molar-refractivity contribution is -0.148. The van der Waals surface area contributed by atoms with E-state index in [1.165, 1.54) is 6.33 Å². The molecule has 1 fully saturated rings. The molecule has 2 heterocycles. The third kappa shape index (κ3) is 4.24. The predicted octanol–water partition coefficient (Wildman–Crippen LogP) is 3.34. The summed E-state index contributed by atoms with van der Waals surface area (Å²) < 4.78 is 6.09. The van der Waals surface area contributed by atoms with E-state index >= 15 is 0 Å². The van der Waals surface area contributed by atoms with E-state index in [-0.39, 0.29) is 11.9 Å². The number of hydrogen-bond donors (Lipinski definition) is 2. The van der Waals surface area contributed by atoms with Gasteiger partial charge in [-0.25, -0.2) is 9.97 Å². The summed E-state index contributed by atoms with van der Waals surface area (Å²) in [6.45, 7) is 3.67. The Kier molecular flexibility index (Phi) is 5.92. The van der Waals surface area contributed by atoms with Crippen molar-refractivity contribution in [2.75, 3.05) is 35.6 Å². The highest BCUT2D eigenvalue weighted by atomic mass is 79.9. The van der Waals surface area contributed by atoms with Crippen LogP contribution in [0.2, 0.25) is 0 Å². The summed E-state index contributed by atoms with van der Waals surface area (Å²) in [5, 5.41) is 3.23. The molecule has 3 rings (SSSR count). The van der Waals surface area contributed by atoms with Gasteiger partial charge in [0.05, 0.1) is 12.5 Å². The SMILES string of the molecule is CCOC(=O)C1CCN(c2ncnc(Nc3cccc(Br)c3)c2N)CC1. The van der Waals surface area contributed by atoms with Gasteiger partial charge in [0.25, 0.3) is 0 Å². The van der Waals surface area contributed by atoms with E-state index in [0.717, 1.165) is 23.0 Å². The average molecular weight is 420 g/mol. The fourth-order valence-corrected chi connectivity index (χ4v) is 3.43. The number of nitrogens with one attached hydrogen (secondary N) is 1. The van der Waals surface area contributed by atoms with Crippen molar-refractivity contribution in [3.05, 3.63) is 35.1 Å². The molecule has 1 saturated heterocycles. The molecule has 0 atom stereocenters. The van der Waals surface area contributed by atoms with Gasteiger partial charge >= 0.3 is 5.97 Å². The Morgan fingerprint density at radius 3 is 2.85 bits per heavy atom. The Bertz CT molecular complexity index is 778. The lowest BCUT2D eigenvalue weighted by Gasteiger charge is -2.32. The Hall–Kier alpha value is -2.35. The number of nitrogen functional groups attached to an aromatic ring is 1. The number of nitrogens with zero attached hydrogens (tertiary/aromatic N) is 3. The van der Waals surface area contributed by atoms with E-state index in [1.807, 2.05) is 31.2 Å². The second-order valence-corrected chi connectivity index (χ2v) is 7.02. The largest absolute Gasteiger partial charge is 0.466 e. The molecule has 8 heteroatoms. The molecular formula is C18H22BrN5O2. The quantitative estimate of drug-likeness (QED) is 0.717. The van der Waals surface area contributed by atoms with Crippen molar-refractivity contribution >= 4 is 44.9 Å². The van der Waals surface area contributed by atoms with Gasteiger partial charge in [-0.2, -0.15) is 0 Å². The van der Waals surface area contributed by atoms with Crippen molar-refractivity contribution in [2.45, 2.75) is 19.8 Å². The second kappa shape index (κ2) is 8.35. The van der Waals surface area contributed by atoms with E-state index in [0.29, 0.717) is 37.0 Å². The fraction of sp³-hybridized carbons (Fsp3) is 0.389. The van der Waals surface area contributed by atoms with Crippen LogP contribution in [0.1, 0.15) is 19.8 Å². The molecule has 1 aromatic carbocycles. The van der Waals surface area contributed by atoms with Crippen LogP contribution >= 0.6 is 15.9 Å². The van der Waals surface area contributed by atoms with Gasteiger partial charge in [-0.05, 0) is 38.0 Å². The van der Waals surface area contributed by atoms with Crippen molar-refractivity contribution in [3.8, 4) is 0 Å². The second-order valence-electron chi connectivity index (χ2n) is 6.11. The zero-order valence-corrected chi connectivity index (χ0v) is 16.2. The van der Waals surface area contributed by atoms with Crippen LogP contribution in [0.4, 0.5) is 23.0 Å². The number of benzene rings is 1. The minimum atomic E-state index is -0.111. The van der Waals surface area contributed by atoms with Crippen molar-refractivity contribution in [3.63, 3.8) is 0 Å². The number of carbonyl (C=O) groups is 1. The number of nitrogens with two attached hydrogens (primary N) is 1. The smallest absolute Gasteiger partial charge is 0.309 e. The van der Waals surface area contributed by atoms with Crippen LogP contribution in [0, 0.1) is 5.92 Å².